The number of esters is 2. The van der Waals surface area contributed by atoms with Crippen LogP contribution in [0.5, 0.6) is 5.75 Å². The first-order valence-electron chi connectivity index (χ1n) is 20.2. The Morgan fingerprint density at radius 2 is 1.82 bits per heavy atom. The van der Waals surface area contributed by atoms with Crippen LogP contribution in [0.4, 0.5) is 0 Å². The highest BCUT2D eigenvalue weighted by Gasteiger charge is 2.60. The summed E-state index contributed by atoms with van der Waals surface area (Å²) >= 11 is 0. The minimum absolute atomic E-state index is 0.115. The fourth-order valence-corrected chi connectivity index (χ4v) is 11.7. The van der Waals surface area contributed by atoms with Gasteiger partial charge in [0.05, 0.1) is 33.1 Å². The van der Waals surface area contributed by atoms with Gasteiger partial charge in [-0.15, -0.1) is 0 Å². The van der Waals surface area contributed by atoms with Gasteiger partial charge < -0.3 is 29.1 Å². The number of methoxy groups -OCH3 is 1. The van der Waals surface area contributed by atoms with Crippen molar-refractivity contribution in [3.05, 3.63) is 50.7 Å². The molecule has 2 N–H and O–H groups in total. The van der Waals surface area contributed by atoms with E-state index in [0.717, 1.165) is 32.1 Å². The van der Waals surface area contributed by atoms with Gasteiger partial charge in [-0.3, -0.25) is 14.4 Å². The number of azide groups is 1. The zero-order valence-electron chi connectivity index (χ0n) is 33.0. The van der Waals surface area contributed by atoms with E-state index in [9.17, 15) is 29.1 Å². The van der Waals surface area contributed by atoms with E-state index in [-0.39, 0.29) is 48.1 Å². The molecule has 6 rings (SSSR count). The van der Waals surface area contributed by atoms with Gasteiger partial charge >= 0.3 is 23.5 Å². The van der Waals surface area contributed by atoms with Crippen molar-refractivity contribution >= 4 is 34.8 Å². The van der Waals surface area contributed by atoms with Crippen molar-refractivity contribution in [2.24, 2.45) is 51.5 Å². The largest absolute Gasteiger partial charge is 0.497 e. The molecular formula is C42H56N4O10. The van der Waals surface area contributed by atoms with E-state index >= 15 is 0 Å². The molecule has 1 heterocycles. The molecule has 56 heavy (non-hydrogen) atoms. The van der Waals surface area contributed by atoms with E-state index in [1.54, 1.807) is 18.2 Å². The molecule has 4 aliphatic rings. The van der Waals surface area contributed by atoms with Gasteiger partial charge in [0.2, 0.25) is 5.91 Å². The van der Waals surface area contributed by atoms with Crippen molar-refractivity contribution in [2.75, 3.05) is 20.3 Å². The standard InChI is InChI=1S/C42H56N4O10/c1-24(5-12-38(50)54-18-17-44-46-43)31-10-11-32-30-8-6-26-21-28(13-15-41(26,2)33(30)14-16-42(31,32)3)55-40(52)34(23-37(48)49)45-36(47)19-25-20-39(51)56-35-22-27(53-4)7-9-29(25)35/h7,9,20,22,24,26,28,30-34H,5-6,8,10-19,21,23H2,1-4H3,(H,45,47)(H,48,49)/t24-,26-,28-,30+,31?,32+,33+,34+,41+,42-/m1/s1. The number of carbonyl (C=O) groups excluding carboxylic acids is 3. The SMILES string of the molecule is COc1ccc2c(CC(=O)N[C@@H](CC(=O)O)C(=O)O[C@@H]3CC[C@@]4(C)[C@H](CC[C@@H]5[C@@H]4CC[C@]4(C)C([C@H](C)CCC(=O)OCCN=[N+]=[N-])CC[C@@H]54)C3)cc(=O)oc2c1. The lowest BCUT2D eigenvalue weighted by molar-refractivity contribution is -0.167. The molecule has 0 saturated heterocycles. The number of carboxylic acid groups (broad SMARTS) is 1. The van der Waals surface area contributed by atoms with Crippen LogP contribution >= 0.6 is 0 Å². The van der Waals surface area contributed by atoms with Crippen molar-refractivity contribution in [3.63, 3.8) is 0 Å². The Balaban J connectivity index is 1.04. The number of hydrogen-bond donors (Lipinski definition) is 2. The minimum atomic E-state index is -1.38. The number of carboxylic acids is 1. The molecule has 14 nitrogen and oxygen atoms in total. The molecular weight excluding hydrogens is 720 g/mol. The number of hydrogen-bond acceptors (Lipinski definition) is 10. The van der Waals surface area contributed by atoms with Gasteiger partial charge in [0.1, 0.15) is 23.5 Å². The third kappa shape index (κ3) is 8.70. The van der Waals surface area contributed by atoms with Crippen LogP contribution in [0.2, 0.25) is 0 Å². The lowest BCUT2D eigenvalue weighted by Crippen LogP contribution is -2.54. The second kappa shape index (κ2) is 17.3. The molecule has 14 heteroatoms. The fourth-order valence-electron chi connectivity index (χ4n) is 11.7. The molecule has 10 atom stereocenters. The fraction of sp³-hybridized carbons (Fsp3) is 0.690. The average molecular weight is 777 g/mol. The number of aliphatic carboxylic acids is 1. The summed E-state index contributed by atoms with van der Waals surface area (Å²) in [5.41, 5.74) is 8.76. The van der Waals surface area contributed by atoms with Crippen LogP contribution in [0.15, 0.2) is 38.6 Å². The molecule has 0 bridgehead atoms. The van der Waals surface area contributed by atoms with Crippen molar-refractivity contribution in [2.45, 2.75) is 116 Å². The second-order valence-corrected chi connectivity index (χ2v) is 17.3. The first kappa shape index (κ1) is 41.1. The molecule has 2 aromatic rings. The molecule has 4 fully saturated rings. The zero-order chi connectivity index (χ0) is 40.2. The van der Waals surface area contributed by atoms with Crippen LogP contribution in [0.1, 0.15) is 103 Å². The van der Waals surface area contributed by atoms with Crippen LogP contribution < -0.4 is 15.7 Å². The molecule has 1 amide bonds. The number of rotatable bonds is 15. The molecule has 0 spiro atoms. The first-order chi connectivity index (χ1) is 26.7. The third-order valence-corrected chi connectivity index (χ3v) is 14.4. The Bertz CT molecular complexity index is 1910. The Morgan fingerprint density at radius 1 is 1.05 bits per heavy atom. The van der Waals surface area contributed by atoms with E-state index < -0.39 is 35.9 Å². The lowest BCUT2D eigenvalue weighted by atomic mass is 9.44. The maximum atomic E-state index is 13.5. The lowest BCUT2D eigenvalue weighted by Gasteiger charge is -2.61. The van der Waals surface area contributed by atoms with E-state index in [4.69, 9.17) is 24.2 Å². The van der Waals surface area contributed by atoms with Crippen molar-refractivity contribution in [3.8, 4) is 5.75 Å². The topological polar surface area (TPSA) is 207 Å². The number of nitrogens with one attached hydrogen (secondary N) is 1. The summed E-state index contributed by atoms with van der Waals surface area (Å²) in [7, 11) is 1.49. The molecule has 0 radical (unpaired) electrons. The van der Waals surface area contributed by atoms with Gasteiger partial charge in [0, 0.05) is 28.9 Å². The number of amides is 1. The van der Waals surface area contributed by atoms with Gasteiger partial charge in [-0.25, -0.2) is 9.59 Å². The highest BCUT2D eigenvalue weighted by Crippen LogP contribution is 2.68. The first-order valence-corrected chi connectivity index (χ1v) is 20.2. The quantitative estimate of drug-likeness (QED) is 0.0466. The number of nitrogens with zero attached hydrogens (tertiary/aromatic N) is 3. The minimum Gasteiger partial charge on any atom is -0.497 e. The normalized spacial score (nSPS) is 30.4. The summed E-state index contributed by atoms with van der Waals surface area (Å²) in [6, 6.07) is 4.74. The Labute approximate surface area is 327 Å². The van der Waals surface area contributed by atoms with Gasteiger partial charge in [0.15, 0.2) is 0 Å². The summed E-state index contributed by atoms with van der Waals surface area (Å²) in [6.07, 6.45) is 9.15. The van der Waals surface area contributed by atoms with E-state index in [1.165, 1.54) is 38.9 Å². The maximum absolute atomic E-state index is 13.5. The molecule has 1 unspecified atom stereocenters. The van der Waals surface area contributed by atoms with Gasteiger partial charge in [-0.1, -0.05) is 25.9 Å². The predicted molar refractivity (Wildman–Crippen MR) is 205 cm³/mol. The van der Waals surface area contributed by atoms with Crippen LogP contribution in [0.25, 0.3) is 21.4 Å². The van der Waals surface area contributed by atoms with Crippen LogP contribution in [0.3, 0.4) is 0 Å². The molecule has 1 aromatic carbocycles. The van der Waals surface area contributed by atoms with Crippen LogP contribution in [-0.4, -0.2) is 61.3 Å². The monoisotopic (exact) mass is 776 g/mol. The van der Waals surface area contributed by atoms with E-state index in [1.807, 2.05) is 0 Å². The van der Waals surface area contributed by atoms with E-state index in [0.29, 0.717) is 65.0 Å². The van der Waals surface area contributed by atoms with Crippen LogP contribution in [-0.2, 0) is 35.1 Å². The highest BCUT2D eigenvalue weighted by molar-refractivity contribution is 5.91. The summed E-state index contributed by atoms with van der Waals surface area (Å²) in [4.78, 5) is 65.8. The molecule has 4 saturated carbocycles. The Morgan fingerprint density at radius 3 is 2.57 bits per heavy atom. The van der Waals surface area contributed by atoms with Gasteiger partial charge in [-0.05, 0) is 134 Å². The smallest absolute Gasteiger partial charge is 0.336 e. The molecule has 0 aliphatic heterocycles. The maximum Gasteiger partial charge on any atom is 0.336 e. The van der Waals surface area contributed by atoms with E-state index in [2.05, 4.69) is 36.1 Å². The summed E-state index contributed by atoms with van der Waals surface area (Å²) in [5, 5.41) is 16.1. The third-order valence-electron chi connectivity index (χ3n) is 14.4. The van der Waals surface area contributed by atoms with Crippen LogP contribution in [0, 0.1) is 46.3 Å². The van der Waals surface area contributed by atoms with Gasteiger partial charge in [-0.2, -0.15) is 0 Å². The van der Waals surface area contributed by atoms with Crippen molar-refractivity contribution in [1.29, 1.82) is 0 Å². The summed E-state index contributed by atoms with van der Waals surface area (Å²) in [5.74, 6) is 0.847. The average Bonchev–Trinajstić information content (AvgIpc) is 3.52. The molecule has 1 aromatic heterocycles. The Hall–Kier alpha value is -4.58. The second-order valence-electron chi connectivity index (χ2n) is 17.3. The van der Waals surface area contributed by atoms with Crippen molar-refractivity contribution < 1.29 is 42.9 Å². The predicted octanol–water partition coefficient (Wildman–Crippen LogP) is 7.14. The highest BCUT2D eigenvalue weighted by atomic mass is 16.5. The zero-order valence-corrected chi connectivity index (χ0v) is 33.0. The Kier molecular flexibility index (Phi) is 12.7. The van der Waals surface area contributed by atoms with Gasteiger partial charge in [0.25, 0.3) is 0 Å². The summed E-state index contributed by atoms with van der Waals surface area (Å²) < 4.78 is 21.7. The number of ether oxygens (including phenoxy) is 3. The molecule has 304 valence electrons. The number of fused-ring (bicyclic) bond motifs is 6. The molecule has 4 aliphatic carbocycles. The van der Waals surface area contributed by atoms with Crippen molar-refractivity contribution in [1.82, 2.24) is 5.32 Å². The number of carbonyl (C=O) groups is 4. The number of benzene rings is 1. The summed E-state index contributed by atoms with van der Waals surface area (Å²) in [6.45, 7) is 7.48.